The van der Waals surface area contributed by atoms with Crippen molar-refractivity contribution < 1.29 is 5.11 Å². The molecule has 0 aliphatic rings. The van der Waals surface area contributed by atoms with Crippen LogP contribution in [0.3, 0.4) is 0 Å². The first kappa shape index (κ1) is 15.8. The van der Waals surface area contributed by atoms with Crippen LogP contribution in [0.5, 0.6) is 5.75 Å². The molecule has 5 N–H and O–H groups in total. The van der Waals surface area contributed by atoms with E-state index in [4.69, 9.17) is 5.73 Å². The molecule has 0 unspecified atom stereocenters. The van der Waals surface area contributed by atoms with Crippen LogP contribution in [0.4, 0.5) is 5.95 Å². The van der Waals surface area contributed by atoms with Crippen molar-refractivity contribution in [2.45, 2.75) is 20.3 Å². The monoisotopic (exact) mass is 324 g/mol. The highest BCUT2D eigenvalue weighted by Crippen LogP contribution is 2.26. The molecule has 0 amide bonds. The van der Waals surface area contributed by atoms with Crippen LogP contribution in [-0.4, -0.2) is 32.6 Å². The lowest BCUT2D eigenvalue weighted by Gasteiger charge is -2.05. The average molecular weight is 324 g/mol. The lowest BCUT2D eigenvalue weighted by atomic mass is 10.1. The van der Waals surface area contributed by atoms with Crippen molar-refractivity contribution in [2.75, 3.05) is 11.9 Å². The van der Waals surface area contributed by atoms with Gasteiger partial charge in [0.25, 0.3) is 0 Å². The Morgan fingerprint density at radius 1 is 1.29 bits per heavy atom. The van der Waals surface area contributed by atoms with E-state index >= 15 is 0 Å². The van der Waals surface area contributed by atoms with Crippen molar-refractivity contribution in [1.29, 1.82) is 0 Å². The van der Waals surface area contributed by atoms with E-state index in [0.29, 0.717) is 18.9 Å². The van der Waals surface area contributed by atoms with Gasteiger partial charge in [0.05, 0.1) is 5.52 Å². The smallest absolute Gasteiger partial charge is 0.229 e. The number of nitrogens with zero attached hydrogens (tertiary/aromatic N) is 3. The van der Waals surface area contributed by atoms with Crippen LogP contribution in [0.15, 0.2) is 35.5 Å². The van der Waals surface area contributed by atoms with Crippen LogP contribution in [-0.2, 0) is 6.42 Å². The van der Waals surface area contributed by atoms with Crippen molar-refractivity contribution in [3.05, 3.63) is 47.4 Å². The van der Waals surface area contributed by atoms with Gasteiger partial charge in [-0.05, 0) is 38.0 Å². The quantitative estimate of drug-likeness (QED) is 0.434. The van der Waals surface area contributed by atoms with E-state index < -0.39 is 0 Å². The number of hydrogen-bond acceptors (Lipinski definition) is 4. The van der Waals surface area contributed by atoms with E-state index in [9.17, 15) is 5.11 Å². The van der Waals surface area contributed by atoms with E-state index in [1.807, 2.05) is 38.2 Å². The summed E-state index contributed by atoms with van der Waals surface area (Å²) >= 11 is 0. The number of fused-ring (bicyclic) bond motifs is 1. The first-order chi connectivity index (χ1) is 11.5. The Labute approximate surface area is 139 Å². The molecule has 0 saturated heterocycles. The Morgan fingerprint density at radius 3 is 2.79 bits per heavy atom. The van der Waals surface area contributed by atoms with Gasteiger partial charge in [-0.15, -0.1) is 0 Å². The summed E-state index contributed by atoms with van der Waals surface area (Å²) in [5.74, 6) is 0.976. The second kappa shape index (κ2) is 6.57. The van der Waals surface area contributed by atoms with Crippen molar-refractivity contribution >= 4 is 22.8 Å². The van der Waals surface area contributed by atoms with Gasteiger partial charge in [-0.2, -0.15) is 0 Å². The fourth-order valence-corrected chi connectivity index (χ4v) is 2.64. The van der Waals surface area contributed by atoms with E-state index in [1.54, 1.807) is 6.07 Å². The Bertz CT molecular complexity index is 879. The van der Waals surface area contributed by atoms with Crippen LogP contribution in [0.25, 0.3) is 10.9 Å². The van der Waals surface area contributed by atoms with Crippen LogP contribution < -0.4 is 11.1 Å². The number of phenolic OH excluding ortho intramolecular Hbond substituents is 1. The molecule has 2 aromatic heterocycles. The summed E-state index contributed by atoms with van der Waals surface area (Å²) in [6, 6.07) is 7.35. The molecule has 0 saturated carbocycles. The number of aliphatic imine (C=N–C) groups is 1. The van der Waals surface area contributed by atoms with Gasteiger partial charge in [-0.1, -0.05) is 12.1 Å². The normalized spacial score (nSPS) is 11.8. The number of anilines is 1. The summed E-state index contributed by atoms with van der Waals surface area (Å²) in [5.41, 5.74) is 9.46. The van der Waals surface area contributed by atoms with Gasteiger partial charge in [0.2, 0.25) is 5.95 Å². The third kappa shape index (κ3) is 3.45. The summed E-state index contributed by atoms with van der Waals surface area (Å²) in [6.07, 6.45) is 2.59. The molecule has 0 bridgehead atoms. The standard InChI is InChI=1S/C17H20N6O/c1-10-8-11(2)22-17(21-10)23-16(18)19-7-6-12-9-20-15-13(12)4-3-5-14(15)24/h3-5,8-9,20,24H,6-7H2,1-2H3,(H3,18,19,21,22,23). The molecule has 24 heavy (non-hydrogen) atoms. The Hall–Kier alpha value is -3.09. The van der Waals surface area contributed by atoms with Crippen LogP contribution in [0.2, 0.25) is 0 Å². The van der Waals surface area contributed by atoms with Gasteiger partial charge in [0.15, 0.2) is 5.96 Å². The largest absolute Gasteiger partial charge is 0.506 e. The minimum absolute atomic E-state index is 0.246. The van der Waals surface area contributed by atoms with Gasteiger partial charge in [-0.25, -0.2) is 9.97 Å². The van der Waals surface area contributed by atoms with Crippen molar-refractivity contribution in [2.24, 2.45) is 10.7 Å². The average Bonchev–Trinajstić information content (AvgIpc) is 2.91. The summed E-state index contributed by atoms with van der Waals surface area (Å²) in [5, 5.41) is 13.7. The fourth-order valence-electron chi connectivity index (χ4n) is 2.64. The minimum atomic E-state index is 0.246. The van der Waals surface area contributed by atoms with Crippen LogP contribution in [0.1, 0.15) is 17.0 Å². The topological polar surface area (TPSA) is 112 Å². The van der Waals surface area contributed by atoms with Gasteiger partial charge in [-0.3, -0.25) is 10.3 Å². The number of benzene rings is 1. The lowest BCUT2D eigenvalue weighted by molar-refractivity contribution is 0.480. The summed E-state index contributed by atoms with van der Waals surface area (Å²) in [6.45, 7) is 4.32. The molecule has 0 aliphatic heterocycles. The SMILES string of the molecule is Cc1cc(C)nc(NC(N)=NCCc2c[nH]c3c(O)cccc23)n1. The van der Waals surface area contributed by atoms with Crippen molar-refractivity contribution in [3.8, 4) is 5.75 Å². The van der Waals surface area contributed by atoms with E-state index in [0.717, 1.165) is 27.9 Å². The van der Waals surface area contributed by atoms with Crippen molar-refractivity contribution in [1.82, 2.24) is 15.0 Å². The van der Waals surface area contributed by atoms with Gasteiger partial charge in [0.1, 0.15) is 5.75 Å². The molecule has 124 valence electrons. The van der Waals surface area contributed by atoms with E-state index in [1.165, 1.54) is 0 Å². The van der Waals surface area contributed by atoms with E-state index in [2.05, 4.69) is 25.3 Å². The number of nitrogens with two attached hydrogens (primary N) is 1. The van der Waals surface area contributed by atoms with Crippen molar-refractivity contribution in [3.63, 3.8) is 0 Å². The van der Waals surface area contributed by atoms with E-state index in [-0.39, 0.29) is 11.7 Å². The zero-order valence-electron chi connectivity index (χ0n) is 13.7. The molecular formula is C17H20N6O. The summed E-state index contributed by atoms with van der Waals surface area (Å²) in [7, 11) is 0. The Balaban J connectivity index is 1.65. The third-order valence-electron chi connectivity index (χ3n) is 3.66. The lowest BCUT2D eigenvalue weighted by Crippen LogP contribution is -2.24. The molecule has 3 aromatic rings. The number of nitrogens with one attached hydrogen (secondary N) is 2. The van der Waals surface area contributed by atoms with Gasteiger partial charge >= 0.3 is 0 Å². The molecule has 3 rings (SSSR count). The molecule has 0 fully saturated rings. The van der Waals surface area contributed by atoms with Crippen LogP contribution in [0, 0.1) is 13.8 Å². The highest BCUT2D eigenvalue weighted by atomic mass is 16.3. The number of guanidine groups is 1. The highest BCUT2D eigenvalue weighted by Gasteiger charge is 2.06. The number of aromatic amines is 1. The number of para-hydroxylation sites is 1. The first-order valence-electron chi connectivity index (χ1n) is 7.70. The molecule has 7 heteroatoms. The minimum Gasteiger partial charge on any atom is -0.506 e. The Kier molecular flexibility index (Phi) is 4.33. The molecule has 0 spiro atoms. The number of phenols is 1. The summed E-state index contributed by atoms with van der Waals surface area (Å²) in [4.78, 5) is 15.9. The maximum atomic E-state index is 9.80. The molecule has 1 aromatic carbocycles. The number of rotatable bonds is 4. The zero-order chi connectivity index (χ0) is 17.1. The maximum Gasteiger partial charge on any atom is 0.229 e. The highest BCUT2D eigenvalue weighted by molar-refractivity contribution is 5.91. The first-order valence-corrected chi connectivity index (χ1v) is 7.70. The molecule has 7 nitrogen and oxygen atoms in total. The molecule has 0 atom stereocenters. The number of aromatic nitrogens is 3. The zero-order valence-corrected chi connectivity index (χ0v) is 13.7. The predicted octanol–water partition coefficient (Wildman–Crippen LogP) is 2.25. The molecule has 2 heterocycles. The maximum absolute atomic E-state index is 9.80. The Morgan fingerprint density at radius 2 is 2.04 bits per heavy atom. The number of hydrogen-bond donors (Lipinski definition) is 4. The number of aromatic hydroxyl groups is 1. The molecular weight excluding hydrogens is 304 g/mol. The van der Waals surface area contributed by atoms with Crippen LogP contribution >= 0.6 is 0 Å². The van der Waals surface area contributed by atoms with Gasteiger partial charge < -0.3 is 15.8 Å². The molecule has 0 radical (unpaired) electrons. The third-order valence-corrected chi connectivity index (χ3v) is 3.66. The predicted molar refractivity (Wildman–Crippen MR) is 95.3 cm³/mol. The van der Waals surface area contributed by atoms with Gasteiger partial charge in [0, 0.05) is 29.5 Å². The summed E-state index contributed by atoms with van der Waals surface area (Å²) < 4.78 is 0. The molecule has 0 aliphatic carbocycles. The fraction of sp³-hybridized carbons (Fsp3) is 0.235. The second-order valence-electron chi connectivity index (χ2n) is 5.63. The number of aryl methyl sites for hydroxylation is 2. The number of H-pyrrole nitrogens is 1. The second-order valence-corrected chi connectivity index (χ2v) is 5.63.